The number of ether oxygens (including phenoxy) is 2. The summed E-state index contributed by atoms with van der Waals surface area (Å²) in [6, 6.07) is 0. The van der Waals surface area contributed by atoms with E-state index in [1.54, 1.807) is 0 Å². The maximum atomic E-state index is 5.66. The van der Waals surface area contributed by atoms with E-state index in [1.807, 2.05) is 0 Å². The maximum Gasteiger partial charge on any atom is 0.0903 e. The minimum absolute atomic E-state index is 0.0706. The van der Waals surface area contributed by atoms with E-state index in [-0.39, 0.29) is 5.60 Å². The van der Waals surface area contributed by atoms with Gasteiger partial charge in [-0.2, -0.15) is 0 Å². The van der Waals surface area contributed by atoms with E-state index < -0.39 is 0 Å². The van der Waals surface area contributed by atoms with Crippen LogP contribution < -0.4 is 5.32 Å². The first kappa shape index (κ1) is 11.0. The molecule has 13 heavy (non-hydrogen) atoms. The van der Waals surface area contributed by atoms with Gasteiger partial charge >= 0.3 is 0 Å². The lowest BCUT2D eigenvalue weighted by molar-refractivity contribution is -0.0861. The lowest BCUT2D eigenvalue weighted by Gasteiger charge is -2.39. The van der Waals surface area contributed by atoms with E-state index >= 15 is 0 Å². The van der Waals surface area contributed by atoms with Gasteiger partial charge in [0.2, 0.25) is 0 Å². The Labute approximate surface area is 80.8 Å². The Kier molecular flexibility index (Phi) is 4.16. The fourth-order valence-corrected chi connectivity index (χ4v) is 1.25. The molecule has 1 aliphatic heterocycles. The van der Waals surface area contributed by atoms with Crippen LogP contribution in [0.1, 0.15) is 20.8 Å². The van der Waals surface area contributed by atoms with Gasteiger partial charge in [0, 0.05) is 19.7 Å². The predicted molar refractivity (Wildman–Crippen MR) is 52.9 cm³/mol. The molecule has 0 radical (unpaired) electrons. The van der Waals surface area contributed by atoms with Crippen LogP contribution in [0.15, 0.2) is 0 Å². The zero-order valence-corrected chi connectivity index (χ0v) is 8.93. The van der Waals surface area contributed by atoms with E-state index in [0.29, 0.717) is 19.1 Å². The van der Waals surface area contributed by atoms with Crippen molar-refractivity contribution in [3.05, 3.63) is 0 Å². The lowest BCUT2D eigenvalue weighted by Crippen LogP contribution is -2.59. The third-order valence-electron chi connectivity index (χ3n) is 2.13. The van der Waals surface area contributed by atoms with Crippen molar-refractivity contribution in [2.24, 2.45) is 5.92 Å². The molecule has 1 aliphatic rings. The van der Waals surface area contributed by atoms with Crippen LogP contribution in [0, 0.1) is 5.92 Å². The average Bonchev–Trinajstić information content (AvgIpc) is 2.00. The van der Waals surface area contributed by atoms with Crippen molar-refractivity contribution in [1.82, 2.24) is 5.32 Å². The average molecular weight is 187 g/mol. The lowest BCUT2D eigenvalue weighted by atomic mass is 10.0. The quantitative estimate of drug-likeness (QED) is 0.630. The summed E-state index contributed by atoms with van der Waals surface area (Å²) in [7, 11) is 0. The molecule has 0 unspecified atom stereocenters. The second-order valence-corrected chi connectivity index (χ2v) is 4.37. The number of hydrogen-bond acceptors (Lipinski definition) is 3. The molecule has 0 aromatic rings. The molecule has 0 spiro atoms. The largest absolute Gasteiger partial charge is 0.379 e. The highest BCUT2D eigenvalue weighted by Gasteiger charge is 2.31. The fraction of sp³-hybridized carbons (Fsp3) is 1.00. The van der Waals surface area contributed by atoms with Gasteiger partial charge in [0.25, 0.3) is 0 Å². The smallest absolute Gasteiger partial charge is 0.0903 e. The van der Waals surface area contributed by atoms with E-state index in [0.717, 1.165) is 19.7 Å². The van der Waals surface area contributed by atoms with Gasteiger partial charge in [-0.05, 0) is 12.8 Å². The molecule has 78 valence electrons. The second kappa shape index (κ2) is 4.94. The Morgan fingerprint density at radius 1 is 1.31 bits per heavy atom. The molecule has 1 rings (SSSR count). The summed E-state index contributed by atoms with van der Waals surface area (Å²) in [5.41, 5.74) is 0.0706. The summed E-state index contributed by atoms with van der Waals surface area (Å²) in [5.74, 6) is 0.612. The molecular formula is C10H21NO2. The Morgan fingerprint density at radius 2 is 2.00 bits per heavy atom. The molecule has 3 nitrogen and oxygen atoms in total. The molecule has 3 heteroatoms. The fourth-order valence-electron chi connectivity index (χ4n) is 1.25. The highest BCUT2D eigenvalue weighted by molar-refractivity contribution is 4.89. The normalized spacial score (nSPS) is 20.3. The minimum Gasteiger partial charge on any atom is -0.379 e. The van der Waals surface area contributed by atoms with Crippen LogP contribution in [-0.4, -0.2) is 38.5 Å². The summed E-state index contributed by atoms with van der Waals surface area (Å²) < 4.78 is 11.1. The molecule has 1 N–H and O–H groups in total. The monoisotopic (exact) mass is 187 g/mol. The van der Waals surface area contributed by atoms with Crippen molar-refractivity contribution in [3.8, 4) is 0 Å². The second-order valence-electron chi connectivity index (χ2n) is 4.37. The van der Waals surface area contributed by atoms with Crippen LogP contribution in [0.3, 0.4) is 0 Å². The van der Waals surface area contributed by atoms with Gasteiger partial charge in [-0.15, -0.1) is 0 Å². The zero-order chi connectivity index (χ0) is 9.73. The number of nitrogens with one attached hydrogen (secondary N) is 1. The van der Waals surface area contributed by atoms with Gasteiger partial charge in [-0.3, -0.25) is 0 Å². The highest BCUT2D eigenvalue weighted by Crippen LogP contribution is 2.14. The van der Waals surface area contributed by atoms with E-state index in [1.165, 1.54) is 0 Å². The molecule has 1 fully saturated rings. The number of hydrogen-bond donors (Lipinski definition) is 1. The molecule has 0 bridgehead atoms. The van der Waals surface area contributed by atoms with Gasteiger partial charge in [0.05, 0.1) is 18.8 Å². The Hall–Kier alpha value is -0.120. The van der Waals surface area contributed by atoms with Gasteiger partial charge < -0.3 is 14.8 Å². The Bertz CT molecular complexity index is 144. The van der Waals surface area contributed by atoms with Crippen LogP contribution in [0.25, 0.3) is 0 Å². The zero-order valence-electron chi connectivity index (χ0n) is 8.93. The first-order chi connectivity index (χ1) is 6.12. The van der Waals surface area contributed by atoms with Crippen LogP contribution in [0.2, 0.25) is 0 Å². The first-order valence-electron chi connectivity index (χ1n) is 5.05. The SMILES string of the molecule is CC(C)COCCOC1(C)CNC1. The number of rotatable bonds is 6. The standard InChI is InChI=1S/C10H21NO2/c1-9(2)6-12-4-5-13-10(3)7-11-8-10/h9,11H,4-8H2,1-3H3. The first-order valence-corrected chi connectivity index (χ1v) is 5.05. The summed E-state index contributed by atoms with van der Waals surface area (Å²) in [6.45, 7) is 10.6. The van der Waals surface area contributed by atoms with Crippen molar-refractivity contribution in [3.63, 3.8) is 0 Å². The Balaban J connectivity index is 1.89. The molecule has 1 heterocycles. The van der Waals surface area contributed by atoms with E-state index in [2.05, 4.69) is 26.1 Å². The topological polar surface area (TPSA) is 30.5 Å². The maximum absolute atomic E-state index is 5.66. The van der Waals surface area contributed by atoms with Gasteiger partial charge in [-0.1, -0.05) is 13.8 Å². The molecule has 0 aromatic carbocycles. The molecular weight excluding hydrogens is 166 g/mol. The van der Waals surface area contributed by atoms with Crippen molar-refractivity contribution >= 4 is 0 Å². The predicted octanol–water partition coefficient (Wildman–Crippen LogP) is 1.04. The Morgan fingerprint density at radius 3 is 2.46 bits per heavy atom. The third-order valence-corrected chi connectivity index (χ3v) is 2.13. The van der Waals surface area contributed by atoms with Crippen LogP contribution in [0.4, 0.5) is 0 Å². The van der Waals surface area contributed by atoms with E-state index in [4.69, 9.17) is 9.47 Å². The van der Waals surface area contributed by atoms with E-state index in [9.17, 15) is 0 Å². The van der Waals surface area contributed by atoms with Crippen LogP contribution >= 0.6 is 0 Å². The summed E-state index contributed by atoms with van der Waals surface area (Å²) in [6.07, 6.45) is 0. The summed E-state index contributed by atoms with van der Waals surface area (Å²) >= 11 is 0. The molecule has 0 saturated carbocycles. The van der Waals surface area contributed by atoms with Gasteiger partial charge in [-0.25, -0.2) is 0 Å². The van der Waals surface area contributed by atoms with Gasteiger partial charge in [0.1, 0.15) is 0 Å². The summed E-state index contributed by atoms with van der Waals surface area (Å²) in [4.78, 5) is 0. The van der Waals surface area contributed by atoms with Crippen molar-refractivity contribution in [2.75, 3.05) is 32.9 Å². The van der Waals surface area contributed by atoms with Crippen molar-refractivity contribution in [1.29, 1.82) is 0 Å². The van der Waals surface area contributed by atoms with Crippen LogP contribution in [0.5, 0.6) is 0 Å². The molecule has 0 aromatic heterocycles. The highest BCUT2D eigenvalue weighted by atomic mass is 16.5. The third kappa shape index (κ3) is 4.07. The molecule has 0 aliphatic carbocycles. The van der Waals surface area contributed by atoms with Crippen molar-refractivity contribution < 1.29 is 9.47 Å². The van der Waals surface area contributed by atoms with Crippen molar-refractivity contribution in [2.45, 2.75) is 26.4 Å². The molecule has 0 amide bonds. The van der Waals surface area contributed by atoms with Gasteiger partial charge in [0.15, 0.2) is 0 Å². The minimum atomic E-state index is 0.0706. The van der Waals surface area contributed by atoms with Crippen LogP contribution in [-0.2, 0) is 9.47 Å². The summed E-state index contributed by atoms with van der Waals surface area (Å²) in [5, 5.41) is 3.20. The molecule has 1 saturated heterocycles. The molecule has 0 atom stereocenters.